The van der Waals surface area contributed by atoms with Crippen LogP contribution in [-0.2, 0) is 32.6 Å². The van der Waals surface area contributed by atoms with E-state index in [4.69, 9.17) is 0 Å². The van der Waals surface area contributed by atoms with Crippen molar-refractivity contribution >= 4 is 38.3 Å². The number of hydrogen-bond donors (Lipinski definition) is 1. The number of rotatable bonds is 10. The van der Waals surface area contributed by atoms with Crippen LogP contribution in [0, 0.1) is 6.92 Å². The molecule has 2 amide bonds. The second kappa shape index (κ2) is 12.2. The Labute approximate surface area is 254 Å². The van der Waals surface area contributed by atoms with Crippen molar-refractivity contribution < 1.29 is 18.0 Å². The lowest BCUT2D eigenvalue weighted by molar-refractivity contribution is -0.142. The van der Waals surface area contributed by atoms with Crippen LogP contribution >= 0.6 is 0 Å². The van der Waals surface area contributed by atoms with E-state index >= 15 is 0 Å². The van der Waals surface area contributed by atoms with Crippen LogP contribution in [0.5, 0.6) is 0 Å². The zero-order valence-corrected chi connectivity index (χ0v) is 26.0. The molecule has 4 aromatic carbocycles. The van der Waals surface area contributed by atoms with Gasteiger partial charge in [-0.1, -0.05) is 84.4 Å². The third-order valence-electron chi connectivity index (χ3n) is 7.68. The summed E-state index contributed by atoms with van der Waals surface area (Å²) in [5.41, 5.74) is 3.14. The van der Waals surface area contributed by atoms with Gasteiger partial charge >= 0.3 is 0 Å². The highest BCUT2D eigenvalue weighted by molar-refractivity contribution is 7.93. The maximum absolute atomic E-state index is 14.0. The van der Waals surface area contributed by atoms with Crippen molar-refractivity contribution in [3.05, 3.63) is 108 Å². The van der Waals surface area contributed by atoms with Crippen molar-refractivity contribution in [3.8, 4) is 0 Å². The van der Waals surface area contributed by atoms with Gasteiger partial charge in [0.25, 0.3) is 10.0 Å². The third kappa shape index (κ3) is 6.75. The second-order valence-electron chi connectivity index (χ2n) is 12.3. The van der Waals surface area contributed by atoms with Gasteiger partial charge in [0.2, 0.25) is 11.8 Å². The molecular weight excluding hydrogens is 558 g/mol. The smallest absolute Gasteiger partial charge is 0.265 e. The van der Waals surface area contributed by atoms with Crippen molar-refractivity contribution in [1.82, 2.24) is 10.2 Å². The van der Waals surface area contributed by atoms with E-state index in [1.807, 2.05) is 107 Å². The van der Waals surface area contributed by atoms with Gasteiger partial charge in [0, 0.05) is 36.9 Å². The number of sulfonamides is 1. The molecule has 1 aliphatic heterocycles. The Bertz CT molecular complexity index is 1720. The molecule has 1 aliphatic rings. The molecule has 0 radical (unpaired) electrons. The van der Waals surface area contributed by atoms with E-state index in [-0.39, 0.29) is 31.3 Å². The molecule has 1 N–H and O–H groups in total. The van der Waals surface area contributed by atoms with E-state index in [1.54, 1.807) is 17.0 Å². The molecule has 1 heterocycles. The monoisotopic (exact) mass is 597 g/mol. The molecule has 0 saturated heterocycles. The minimum atomic E-state index is -3.72. The van der Waals surface area contributed by atoms with E-state index in [0.717, 1.165) is 27.5 Å². The summed E-state index contributed by atoms with van der Waals surface area (Å²) in [6, 6.07) is 27.8. The molecule has 224 valence electrons. The number of aryl methyl sites for hydroxylation is 1. The number of nitrogens with zero attached hydrogens (tertiary/aromatic N) is 2. The molecule has 43 heavy (non-hydrogen) atoms. The van der Waals surface area contributed by atoms with Crippen molar-refractivity contribution in [2.75, 3.05) is 10.8 Å². The maximum Gasteiger partial charge on any atom is 0.265 e. The number of carbonyl (C=O) groups is 2. The lowest BCUT2D eigenvalue weighted by Gasteiger charge is -2.34. The van der Waals surface area contributed by atoms with Crippen molar-refractivity contribution in [3.63, 3.8) is 0 Å². The van der Waals surface area contributed by atoms with Crippen LogP contribution < -0.4 is 9.62 Å². The Morgan fingerprint density at radius 1 is 0.860 bits per heavy atom. The molecule has 0 aromatic heterocycles. The fourth-order valence-electron chi connectivity index (χ4n) is 5.61. The lowest BCUT2D eigenvalue weighted by atomic mass is 10.00. The number of amides is 2. The fourth-order valence-corrected chi connectivity index (χ4v) is 7.36. The van der Waals surface area contributed by atoms with Crippen molar-refractivity contribution in [2.24, 2.45) is 0 Å². The first kappa shape index (κ1) is 30.3. The number of carbonyl (C=O) groups excluding carboxylic acids is 2. The molecule has 0 spiro atoms. The Hall–Kier alpha value is -4.17. The van der Waals surface area contributed by atoms with Gasteiger partial charge in [0.05, 0.1) is 10.6 Å². The van der Waals surface area contributed by atoms with Gasteiger partial charge in [0.1, 0.15) is 6.04 Å². The average Bonchev–Trinajstić information content (AvgIpc) is 3.18. The molecule has 4 aromatic rings. The van der Waals surface area contributed by atoms with Crippen molar-refractivity contribution in [1.29, 1.82) is 0 Å². The van der Waals surface area contributed by atoms with Crippen LogP contribution in [0.2, 0.25) is 0 Å². The highest BCUT2D eigenvalue weighted by Gasteiger charge is 2.36. The third-order valence-corrected chi connectivity index (χ3v) is 9.53. The quantitative estimate of drug-likeness (QED) is 0.243. The van der Waals surface area contributed by atoms with Crippen LogP contribution in [0.4, 0.5) is 5.69 Å². The van der Waals surface area contributed by atoms with Crippen LogP contribution in [0.1, 0.15) is 50.3 Å². The van der Waals surface area contributed by atoms with Crippen LogP contribution in [0.15, 0.2) is 95.9 Å². The fraction of sp³-hybridized carbons (Fsp3) is 0.314. The Kier molecular flexibility index (Phi) is 8.60. The summed E-state index contributed by atoms with van der Waals surface area (Å²) in [5.74, 6) is -0.418. The first-order valence-electron chi connectivity index (χ1n) is 14.7. The SMILES string of the molecule is Cc1ccc(CN(C(=O)CCCN2c3cccc4cccc(c34)S2(=O)=O)C(Cc2ccccc2)C(=O)NC(C)(C)C)cc1. The average molecular weight is 598 g/mol. The summed E-state index contributed by atoms with van der Waals surface area (Å²) in [5, 5.41) is 4.67. The van der Waals surface area contributed by atoms with Gasteiger partial charge in [-0.2, -0.15) is 0 Å². The zero-order valence-electron chi connectivity index (χ0n) is 25.2. The number of benzene rings is 4. The summed E-state index contributed by atoms with van der Waals surface area (Å²) in [6.07, 6.45) is 0.766. The summed E-state index contributed by atoms with van der Waals surface area (Å²) in [6.45, 7) is 8.20. The number of anilines is 1. The Balaban J connectivity index is 1.40. The molecule has 5 rings (SSSR count). The van der Waals surface area contributed by atoms with E-state index in [2.05, 4.69) is 5.32 Å². The first-order chi connectivity index (χ1) is 20.4. The molecular formula is C35H39N3O4S. The minimum Gasteiger partial charge on any atom is -0.350 e. The van der Waals surface area contributed by atoms with Gasteiger partial charge in [-0.25, -0.2) is 8.42 Å². The van der Waals surface area contributed by atoms with Crippen LogP contribution in [-0.4, -0.2) is 43.3 Å². The molecule has 7 nitrogen and oxygen atoms in total. The van der Waals surface area contributed by atoms with E-state index in [1.165, 1.54) is 4.31 Å². The highest BCUT2D eigenvalue weighted by Crippen LogP contribution is 2.42. The molecule has 0 saturated carbocycles. The summed E-state index contributed by atoms with van der Waals surface area (Å²) < 4.78 is 28.3. The normalized spacial score (nSPS) is 14.5. The molecule has 0 bridgehead atoms. The topological polar surface area (TPSA) is 86.8 Å². The molecule has 1 unspecified atom stereocenters. The molecule has 1 atom stereocenters. The number of hydrogen-bond acceptors (Lipinski definition) is 4. The lowest BCUT2D eigenvalue weighted by Crippen LogP contribution is -2.54. The van der Waals surface area contributed by atoms with Gasteiger partial charge in [-0.05, 0) is 62.8 Å². The van der Waals surface area contributed by atoms with Crippen molar-refractivity contribution in [2.45, 2.75) is 70.0 Å². The minimum absolute atomic E-state index is 0.0955. The predicted octanol–water partition coefficient (Wildman–Crippen LogP) is 5.99. The molecule has 0 fully saturated rings. The largest absolute Gasteiger partial charge is 0.350 e. The predicted molar refractivity (Wildman–Crippen MR) is 171 cm³/mol. The summed E-state index contributed by atoms with van der Waals surface area (Å²) in [7, 11) is -3.72. The standard InChI is InChI=1S/C35H39N3O4S/c1-25-18-20-27(21-19-25)24-37(30(34(40)36-35(2,3)4)23-26-11-6-5-7-12-26)32(39)17-10-22-38-29-15-8-13-28-14-9-16-31(33(28)29)43(38,41)42/h5-9,11-16,18-21,30H,10,17,22-24H2,1-4H3,(H,36,40). The zero-order chi connectivity index (χ0) is 30.8. The summed E-state index contributed by atoms with van der Waals surface area (Å²) in [4.78, 5) is 29.8. The van der Waals surface area contributed by atoms with Crippen LogP contribution in [0.3, 0.4) is 0 Å². The first-order valence-corrected chi connectivity index (χ1v) is 16.1. The highest BCUT2D eigenvalue weighted by atomic mass is 32.2. The molecule has 0 aliphatic carbocycles. The Morgan fingerprint density at radius 2 is 1.53 bits per heavy atom. The van der Waals surface area contributed by atoms with E-state index < -0.39 is 21.6 Å². The van der Waals surface area contributed by atoms with Gasteiger partial charge in [-0.3, -0.25) is 13.9 Å². The van der Waals surface area contributed by atoms with Gasteiger partial charge in [-0.15, -0.1) is 0 Å². The molecule has 8 heteroatoms. The van der Waals surface area contributed by atoms with E-state index in [0.29, 0.717) is 23.4 Å². The van der Waals surface area contributed by atoms with E-state index in [9.17, 15) is 18.0 Å². The summed E-state index contributed by atoms with van der Waals surface area (Å²) >= 11 is 0. The van der Waals surface area contributed by atoms with Gasteiger partial charge in [0.15, 0.2) is 0 Å². The number of nitrogens with one attached hydrogen (secondary N) is 1. The van der Waals surface area contributed by atoms with Gasteiger partial charge < -0.3 is 10.2 Å². The van der Waals surface area contributed by atoms with Crippen LogP contribution in [0.25, 0.3) is 10.8 Å². The Morgan fingerprint density at radius 3 is 2.21 bits per heavy atom. The maximum atomic E-state index is 14.0. The second-order valence-corrected chi connectivity index (χ2v) is 14.1.